The van der Waals surface area contributed by atoms with Crippen LogP contribution in [0.4, 0.5) is 11.4 Å². The van der Waals surface area contributed by atoms with Crippen LogP contribution in [0.3, 0.4) is 0 Å². The fourth-order valence-corrected chi connectivity index (χ4v) is 5.51. The van der Waals surface area contributed by atoms with Gasteiger partial charge in [-0.05, 0) is 61.6 Å². The molecule has 2 fully saturated rings. The number of carbonyl (C=O) groups is 4. The largest absolute Gasteiger partial charge is 0.426 e. The SMILES string of the molecule is Cc1cc(C)cc(N2C[C@H](C(=O)Oc3cccc(N4C(=O)[C@H]5[C@@H](C)C=CC[C@H]5C4=O)c3)CC2=O)c1. The van der Waals surface area contributed by atoms with E-state index in [1.54, 1.807) is 29.2 Å². The molecule has 0 aromatic heterocycles. The number of hydrogen-bond acceptors (Lipinski definition) is 5. The van der Waals surface area contributed by atoms with Crippen LogP contribution >= 0.6 is 0 Å². The summed E-state index contributed by atoms with van der Waals surface area (Å²) in [6.07, 6.45) is 4.57. The molecule has 2 aliphatic heterocycles. The minimum absolute atomic E-state index is 0.00347. The Morgan fingerprint density at radius 2 is 1.71 bits per heavy atom. The Morgan fingerprint density at radius 3 is 2.43 bits per heavy atom. The zero-order valence-electron chi connectivity index (χ0n) is 20.1. The van der Waals surface area contributed by atoms with Gasteiger partial charge in [-0.1, -0.05) is 31.2 Å². The van der Waals surface area contributed by atoms with Gasteiger partial charge in [-0.3, -0.25) is 19.2 Å². The lowest BCUT2D eigenvalue weighted by molar-refractivity contribution is -0.139. The summed E-state index contributed by atoms with van der Waals surface area (Å²) in [7, 11) is 0. The van der Waals surface area contributed by atoms with Gasteiger partial charge in [0.1, 0.15) is 5.75 Å². The molecule has 7 nitrogen and oxygen atoms in total. The first-order chi connectivity index (χ1) is 16.7. The lowest BCUT2D eigenvalue weighted by atomic mass is 9.78. The third-order valence-corrected chi connectivity index (χ3v) is 7.14. The van der Waals surface area contributed by atoms with E-state index >= 15 is 0 Å². The molecule has 3 amide bonds. The number of allylic oxidation sites excluding steroid dienone is 2. The number of esters is 1. The van der Waals surface area contributed by atoms with Crippen molar-refractivity contribution in [2.75, 3.05) is 16.3 Å². The van der Waals surface area contributed by atoms with Gasteiger partial charge >= 0.3 is 5.97 Å². The van der Waals surface area contributed by atoms with Crippen molar-refractivity contribution in [3.8, 4) is 5.75 Å². The molecule has 1 aliphatic carbocycles. The van der Waals surface area contributed by atoms with Crippen molar-refractivity contribution in [1.82, 2.24) is 0 Å². The van der Waals surface area contributed by atoms with E-state index in [9.17, 15) is 19.2 Å². The van der Waals surface area contributed by atoms with Crippen molar-refractivity contribution < 1.29 is 23.9 Å². The number of anilines is 2. The highest BCUT2D eigenvalue weighted by atomic mass is 16.5. The first kappa shape index (κ1) is 23.0. The number of rotatable bonds is 4. The highest BCUT2D eigenvalue weighted by molar-refractivity contribution is 6.22. The molecule has 0 N–H and O–H groups in total. The van der Waals surface area contributed by atoms with Crippen molar-refractivity contribution in [3.05, 3.63) is 65.7 Å². The van der Waals surface area contributed by atoms with Crippen LogP contribution < -0.4 is 14.5 Å². The van der Waals surface area contributed by atoms with E-state index in [2.05, 4.69) is 0 Å². The smallest absolute Gasteiger partial charge is 0.316 e. The summed E-state index contributed by atoms with van der Waals surface area (Å²) in [6, 6.07) is 12.4. The number of amides is 3. The van der Waals surface area contributed by atoms with Crippen molar-refractivity contribution >= 4 is 35.1 Å². The Morgan fingerprint density at radius 1 is 0.971 bits per heavy atom. The summed E-state index contributed by atoms with van der Waals surface area (Å²) < 4.78 is 5.61. The van der Waals surface area contributed by atoms with Crippen molar-refractivity contribution in [1.29, 1.82) is 0 Å². The van der Waals surface area contributed by atoms with Crippen LogP contribution in [0.25, 0.3) is 0 Å². The molecule has 2 saturated heterocycles. The van der Waals surface area contributed by atoms with Gasteiger partial charge in [0.15, 0.2) is 0 Å². The lowest BCUT2D eigenvalue weighted by Crippen LogP contribution is -2.31. The number of aryl methyl sites for hydroxylation is 2. The molecule has 4 atom stereocenters. The second-order valence-corrected chi connectivity index (χ2v) is 9.84. The maximum atomic E-state index is 13.1. The van der Waals surface area contributed by atoms with Crippen LogP contribution in [0.1, 0.15) is 30.9 Å². The highest BCUT2D eigenvalue weighted by Gasteiger charge is 2.50. The third-order valence-electron chi connectivity index (χ3n) is 7.14. The Hall–Kier alpha value is -3.74. The molecule has 0 bridgehead atoms. The summed E-state index contributed by atoms with van der Waals surface area (Å²) in [6.45, 7) is 6.14. The normalized spacial score (nSPS) is 25.9. The summed E-state index contributed by atoms with van der Waals surface area (Å²) >= 11 is 0. The number of nitrogens with zero attached hydrogens (tertiary/aromatic N) is 2. The number of carbonyl (C=O) groups excluding carboxylic acids is 4. The van der Waals surface area contributed by atoms with Crippen LogP contribution in [0.2, 0.25) is 0 Å². The van der Waals surface area contributed by atoms with Gasteiger partial charge in [-0.2, -0.15) is 0 Å². The molecule has 0 radical (unpaired) electrons. The summed E-state index contributed by atoms with van der Waals surface area (Å²) in [5, 5.41) is 0. The molecule has 5 rings (SSSR count). The molecule has 3 aliphatic rings. The highest BCUT2D eigenvalue weighted by Crippen LogP contribution is 2.41. The zero-order chi connectivity index (χ0) is 24.9. The Labute approximate surface area is 204 Å². The number of benzene rings is 2. The zero-order valence-corrected chi connectivity index (χ0v) is 20.1. The molecule has 180 valence electrons. The molecule has 2 heterocycles. The Balaban J connectivity index is 1.30. The van der Waals surface area contributed by atoms with Gasteiger partial charge in [-0.25, -0.2) is 4.90 Å². The fourth-order valence-electron chi connectivity index (χ4n) is 5.51. The molecule has 0 spiro atoms. The average Bonchev–Trinajstić information content (AvgIpc) is 3.31. The van der Waals surface area contributed by atoms with E-state index in [4.69, 9.17) is 4.74 Å². The maximum Gasteiger partial charge on any atom is 0.316 e. The van der Waals surface area contributed by atoms with E-state index in [0.717, 1.165) is 16.8 Å². The van der Waals surface area contributed by atoms with Crippen LogP contribution in [0, 0.1) is 37.5 Å². The minimum Gasteiger partial charge on any atom is -0.426 e. The van der Waals surface area contributed by atoms with Gasteiger partial charge in [0, 0.05) is 24.7 Å². The predicted octanol–water partition coefficient (Wildman–Crippen LogP) is 3.96. The van der Waals surface area contributed by atoms with Gasteiger partial charge in [0.05, 0.1) is 23.4 Å². The average molecular weight is 473 g/mol. The third kappa shape index (κ3) is 4.16. The van der Waals surface area contributed by atoms with Crippen molar-refractivity contribution in [3.63, 3.8) is 0 Å². The second-order valence-electron chi connectivity index (χ2n) is 9.84. The molecule has 0 saturated carbocycles. The molecular formula is C28H28N2O5. The fraction of sp³-hybridized carbons (Fsp3) is 0.357. The Bertz CT molecular complexity index is 1250. The van der Waals surface area contributed by atoms with Gasteiger partial charge in [0.25, 0.3) is 0 Å². The molecule has 2 aromatic carbocycles. The number of ether oxygens (including phenoxy) is 1. The summed E-state index contributed by atoms with van der Waals surface area (Å²) in [5.74, 6) is -2.14. The molecule has 2 aromatic rings. The standard InChI is InChI=1S/C28H28N2O5/c1-16-10-17(2)12-21(11-16)29-15-19(13-24(29)31)28(34)35-22-8-5-7-20(14-22)30-26(32)23-9-4-6-18(3)25(23)27(30)33/h4-8,10-12,14,18-19,23,25H,9,13,15H2,1-3H3/t18-,19+,23+,25-/m0/s1. The van der Waals surface area contributed by atoms with Crippen molar-refractivity contribution in [2.24, 2.45) is 23.7 Å². The molecule has 7 heteroatoms. The van der Waals surface area contributed by atoms with E-state index in [1.165, 1.54) is 4.90 Å². The van der Waals surface area contributed by atoms with Crippen LogP contribution in [-0.2, 0) is 19.2 Å². The van der Waals surface area contributed by atoms with Gasteiger partial charge in [0.2, 0.25) is 17.7 Å². The van der Waals surface area contributed by atoms with Gasteiger partial charge in [-0.15, -0.1) is 0 Å². The number of fused-ring (bicyclic) bond motifs is 1. The maximum absolute atomic E-state index is 13.1. The van der Waals surface area contributed by atoms with E-state index in [-0.39, 0.29) is 54.2 Å². The van der Waals surface area contributed by atoms with Crippen molar-refractivity contribution in [2.45, 2.75) is 33.6 Å². The lowest BCUT2D eigenvalue weighted by Gasteiger charge is -2.22. The van der Waals surface area contributed by atoms with E-state index in [0.29, 0.717) is 12.1 Å². The topological polar surface area (TPSA) is 84.0 Å². The monoisotopic (exact) mass is 472 g/mol. The van der Waals surface area contributed by atoms with E-state index in [1.807, 2.05) is 51.1 Å². The molecule has 35 heavy (non-hydrogen) atoms. The van der Waals surface area contributed by atoms with Crippen LogP contribution in [0.5, 0.6) is 5.75 Å². The van der Waals surface area contributed by atoms with Gasteiger partial charge < -0.3 is 9.64 Å². The Kier molecular flexibility index (Phi) is 5.79. The second kappa shape index (κ2) is 8.80. The summed E-state index contributed by atoms with van der Waals surface area (Å²) in [4.78, 5) is 54.5. The first-order valence-corrected chi connectivity index (χ1v) is 12.0. The summed E-state index contributed by atoms with van der Waals surface area (Å²) in [5.41, 5.74) is 3.27. The van der Waals surface area contributed by atoms with Crippen LogP contribution in [-0.4, -0.2) is 30.2 Å². The predicted molar refractivity (Wildman–Crippen MR) is 131 cm³/mol. The number of hydrogen-bond donors (Lipinski definition) is 0. The van der Waals surface area contributed by atoms with E-state index < -0.39 is 11.9 Å². The molecule has 0 unspecified atom stereocenters. The quantitative estimate of drug-likeness (QED) is 0.291. The molecular weight excluding hydrogens is 444 g/mol. The first-order valence-electron chi connectivity index (χ1n) is 12.0. The minimum atomic E-state index is -0.600. The van der Waals surface area contributed by atoms with Crippen LogP contribution in [0.15, 0.2) is 54.6 Å². The number of imide groups is 1.